The summed E-state index contributed by atoms with van der Waals surface area (Å²) in [5.41, 5.74) is 2.28. The molecule has 1 saturated carbocycles. The van der Waals surface area contributed by atoms with E-state index in [1.807, 2.05) is 6.20 Å². The molecule has 0 unspecified atom stereocenters. The highest BCUT2D eigenvalue weighted by atomic mass is 16.3. The molecule has 90 valence electrons. The lowest BCUT2D eigenvalue weighted by molar-refractivity contribution is 0.278. The maximum Gasteiger partial charge on any atom is 0.0715 e. The SMILES string of the molecule is CCCc1c(CO)cnn1C1CCCCC1. The van der Waals surface area contributed by atoms with E-state index in [-0.39, 0.29) is 6.61 Å². The molecule has 0 amide bonds. The Labute approximate surface area is 97.5 Å². The molecule has 3 heteroatoms. The van der Waals surface area contributed by atoms with E-state index in [1.165, 1.54) is 37.8 Å². The molecule has 1 N–H and O–H groups in total. The maximum absolute atomic E-state index is 9.30. The molecule has 2 rings (SSSR count). The zero-order valence-electron chi connectivity index (χ0n) is 10.2. The monoisotopic (exact) mass is 222 g/mol. The van der Waals surface area contributed by atoms with Crippen molar-refractivity contribution in [3.63, 3.8) is 0 Å². The van der Waals surface area contributed by atoms with E-state index in [0.29, 0.717) is 6.04 Å². The largest absolute Gasteiger partial charge is 0.392 e. The Hall–Kier alpha value is -0.830. The van der Waals surface area contributed by atoms with Crippen LogP contribution >= 0.6 is 0 Å². The van der Waals surface area contributed by atoms with E-state index in [1.54, 1.807) is 0 Å². The van der Waals surface area contributed by atoms with Gasteiger partial charge in [0.2, 0.25) is 0 Å². The van der Waals surface area contributed by atoms with Crippen molar-refractivity contribution in [2.45, 2.75) is 64.5 Å². The van der Waals surface area contributed by atoms with Crippen LogP contribution < -0.4 is 0 Å². The number of hydrogen-bond acceptors (Lipinski definition) is 2. The van der Waals surface area contributed by atoms with Crippen molar-refractivity contribution in [2.24, 2.45) is 0 Å². The van der Waals surface area contributed by atoms with Crippen LogP contribution in [-0.2, 0) is 13.0 Å². The summed E-state index contributed by atoms with van der Waals surface area (Å²) in [7, 11) is 0. The van der Waals surface area contributed by atoms with Gasteiger partial charge in [0.15, 0.2) is 0 Å². The highest BCUT2D eigenvalue weighted by molar-refractivity contribution is 5.17. The van der Waals surface area contributed by atoms with Crippen LogP contribution in [0.2, 0.25) is 0 Å². The molecule has 1 aliphatic carbocycles. The van der Waals surface area contributed by atoms with Crippen molar-refractivity contribution in [3.05, 3.63) is 17.5 Å². The van der Waals surface area contributed by atoms with Gasteiger partial charge in [-0.15, -0.1) is 0 Å². The summed E-state index contributed by atoms with van der Waals surface area (Å²) in [4.78, 5) is 0. The summed E-state index contributed by atoms with van der Waals surface area (Å²) < 4.78 is 2.19. The average Bonchev–Trinajstić information content (AvgIpc) is 2.74. The Morgan fingerprint density at radius 3 is 2.75 bits per heavy atom. The molecule has 0 spiro atoms. The topological polar surface area (TPSA) is 38.1 Å². The summed E-state index contributed by atoms with van der Waals surface area (Å²) in [5.74, 6) is 0. The first-order valence-electron chi connectivity index (χ1n) is 6.53. The molecule has 1 heterocycles. The third kappa shape index (κ3) is 2.29. The lowest BCUT2D eigenvalue weighted by Crippen LogP contribution is -2.17. The predicted molar refractivity (Wildman–Crippen MR) is 64.3 cm³/mol. The molecule has 1 aromatic heterocycles. The van der Waals surface area contributed by atoms with Crippen molar-refractivity contribution in [1.82, 2.24) is 9.78 Å². The molecule has 0 radical (unpaired) electrons. The van der Waals surface area contributed by atoms with Crippen LogP contribution in [0.15, 0.2) is 6.20 Å². The van der Waals surface area contributed by atoms with Crippen LogP contribution in [0.5, 0.6) is 0 Å². The normalized spacial score (nSPS) is 17.9. The second-order valence-corrected chi connectivity index (χ2v) is 4.76. The van der Waals surface area contributed by atoms with E-state index < -0.39 is 0 Å². The Kier molecular flexibility index (Phi) is 3.99. The van der Waals surface area contributed by atoms with Crippen LogP contribution in [-0.4, -0.2) is 14.9 Å². The summed E-state index contributed by atoms with van der Waals surface area (Å²) in [6.45, 7) is 2.31. The molecular weight excluding hydrogens is 200 g/mol. The van der Waals surface area contributed by atoms with E-state index in [9.17, 15) is 5.11 Å². The predicted octanol–water partition coefficient (Wildman–Crippen LogP) is 2.83. The van der Waals surface area contributed by atoms with Crippen LogP contribution in [0.3, 0.4) is 0 Å². The van der Waals surface area contributed by atoms with Gasteiger partial charge in [-0.3, -0.25) is 4.68 Å². The van der Waals surface area contributed by atoms with Crippen LogP contribution in [0.1, 0.15) is 62.7 Å². The van der Waals surface area contributed by atoms with Crippen molar-refractivity contribution in [1.29, 1.82) is 0 Å². The van der Waals surface area contributed by atoms with Crippen molar-refractivity contribution in [2.75, 3.05) is 0 Å². The van der Waals surface area contributed by atoms with Gasteiger partial charge in [-0.2, -0.15) is 5.10 Å². The minimum absolute atomic E-state index is 0.127. The summed E-state index contributed by atoms with van der Waals surface area (Å²) in [6, 6.07) is 0.579. The fraction of sp³-hybridized carbons (Fsp3) is 0.769. The Bertz CT molecular complexity index is 327. The second-order valence-electron chi connectivity index (χ2n) is 4.76. The Morgan fingerprint density at radius 2 is 2.12 bits per heavy atom. The van der Waals surface area contributed by atoms with Gasteiger partial charge in [0, 0.05) is 11.3 Å². The third-order valence-electron chi connectivity index (χ3n) is 3.56. The summed E-state index contributed by atoms with van der Waals surface area (Å²) >= 11 is 0. The van der Waals surface area contributed by atoms with Gasteiger partial charge >= 0.3 is 0 Å². The van der Waals surface area contributed by atoms with Crippen molar-refractivity contribution < 1.29 is 5.11 Å². The number of nitrogens with zero attached hydrogens (tertiary/aromatic N) is 2. The average molecular weight is 222 g/mol. The number of aliphatic hydroxyl groups excluding tert-OH is 1. The number of hydrogen-bond donors (Lipinski definition) is 1. The second kappa shape index (κ2) is 5.48. The smallest absolute Gasteiger partial charge is 0.0715 e. The molecule has 16 heavy (non-hydrogen) atoms. The number of aromatic nitrogens is 2. The standard InChI is InChI=1S/C13H22N2O/c1-2-6-13-11(10-16)9-14-15(13)12-7-4-3-5-8-12/h9,12,16H,2-8,10H2,1H3. The molecule has 0 aromatic carbocycles. The van der Waals surface area contributed by atoms with Crippen LogP contribution in [0.25, 0.3) is 0 Å². The highest BCUT2D eigenvalue weighted by Gasteiger charge is 2.19. The zero-order chi connectivity index (χ0) is 11.4. The Balaban J connectivity index is 2.20. The fourth-order valence-electron chi connectivity index (χ4n) is 2.71. The fourth-order valence-corrected chi connectivity index (χ4v) is 2.71. The van der Waals surface area contributed by atoms with E-state index >= 15 is 0 Å². The lowest BCUT2D eigenvalue weighted by Gasteiger charge is -2.24. The van der Waals surface area contributed by atoms with Gasteiger partial charge in [-0.1, -0.05) is 32.6 Å². The van der Waals surface area contributed by atoms with Crippen LogP contribution in [0.4, 0.5) is 0 Å². The van der Waals surface area contributed by atoms with Crippen LogP contribution in [0, 0.1) is 0 Å². The zero-order valence-corrected chi connectivity index (χ0v) is 10.2. The summed E-state index contributed by atoms with van der Waals surface area (Å²) in [5, 5.41) is 13.8. The molecule has 0 bridgehead atoms. The third-order valence-corrected chi connectivity index (χ3v) is 3.56. The molecule has 0 aliphatic heterocycles. The van der Waals surface area contributed by atoms with E-state index in [0.717, 1.165) is 18.4 Å². The molecule has 1 aromatic rings. The first kappa shape index (κ1) is 11.6. The highest BCUT2D eigenvalue weighted by Crippen LogP contribution is 2.29. The first-order chi connectivity index (χ1) is 7.86. The van der Waals surface area contributed by atoms with Gasteiger partial charge < -0.3 is 5.11 Å². The maximum atomic E-state index is 9.30. The lowest BCUT2D eigenvalue weighted by atomic mass is 9.95. The molecule has 0 saturated heterocycles. The molecular formula is C13H22N2O. The Morgan fingerprint density at radius 1 is 1.38 bits per heavy atom. The van der Waals surface area contributed by atoms with Crippen molar-refractivity contribution in [3.8, 4) is 0 Å². The van der Waals surface area contributed by atoms with Gasteiger partial charge in [0.05, 0.1) is 18.8 Å². The molecule has 3 nitrogen and oxygen atoms in total. The molecule has 0 atom stereocenters. The minimum atomic E-state index is 0.127. The minimum Gasteiger partial charge on any atom is -0.392 e. The van der Waals surface area contributed by atoms with Crippen molar-refractivity contribution >= 4 is 0 Å². The van der Waals surface area contributed by atoms with E-state index in [4.69, 9.17) is 0 Å². The quantitative estimate of drug-likeness (QED) is 0.850. The van der Waals surface area contributed by atoms with Gasteiger partial charge in [-0.25, -0.2) is 0 Å². The van der Waals surface area contributed by atoms with E-state index in [2.05, 4.69) is 16.7 Å². The van der Waals surface area contributed by atoms with Gasteiger partial charge in [0.25, 0.3) is 0 Å². The number of rotatable bonds is 4. The first-order valence-corrected chi connectivity index (χ1v) is 6.53. The molecule has 1 fully saturated rings. The van der Waals surface area contributed by atoms with Gasteiger partial charge in [-0.05, 0) is 19.3 Å². The summed E-state index contributed by atoms with van der Waals surface area (Å²) in [6.07, 6.45) is 10.5. The molecule has 1 aliphatic rings. The number of aliphatic hydroxyl groups is 1. The van der Waals surface area contributed by atoms with Gasteiger partial charge in [0.1, 0.15) is 0 Å².